The standard InChI is InChI=1S/C21H32FN5OS/c1-5-27(6-2)13-7-8-16(3)23-20(28)15-26(4)21-24-19(25-29-21)14-17-9-11-18(22)12-10-17/h9-12,16H,5-8,13-15H2,1-4H3,(H,23,28)/p+1/t16-/m1/s1. The van der Waals surface area contributed by atoms with Crippen LogP contribution in [0.3, 0.4) is 0 Å². The first-order valence-electron chi connectivity index (χ1n) is 10.3. The molecule has 1 amide bonds. The van der Waals surface area contributed by atoms with Crippen molar-refractivity contribution in [1.29, 1.82) is 0 Å². The van der Waals surface area contributed by atoms with E-state index in [4.69, 9.17) is 0 Å². The Morgan fingerprint density at radius 3 is 2.62 bits per heavy atom. The Balaban J connectivity index is 1.76. The van der Waals surface area contributed by atoms with Crippen LogP contribution in [-0.4, -0.2) is 54.5 Å². The minimum atomic E-state index is -0.255. The number of halogens is 1. The van der Waals surface area contributed by atoms with Crippen molar-refractivity contribution in [3.05, 3.63) is 41.5 Å². The molecule has 0 aliphatic rings. The van der Waals surface area contributed by atoms with Gasteiger partial charge in [0.1, 0.15) is 11.6 Å². The Morgan fingerprint density at radius 1 is 1.28 bits per heavy atom. The van der Waals surface area contributed by atoms with Crippen LogP contribution in [0.2, 0.25) is 0 Å². The number of hydrogen-bond acceptors (Lipinski definition) is 5. The number of amides is 1. The van der Waals surface area contributed by atoms with E-state index in [0.29, 0.717) is 17.4 Å². The van der Waals surface area contributed by atoms with Crippen LogP contribution in [0.1, 0.15) is 45.0 Å². The molecule has 8 heteroatoms. The van der Waals surface area contributed by atoms with Gasteiger partial charge in [-0.2, -0.15) is 4.37 Å². The van der Waals surface area contributed by atoms with Gasteiger partial charge in [-0.1, -0.05) is 12.1 Å². The Kier molecular flexibility index (Phi) is 9.47. The fraction of sp³-hybridized carbons (Fsp3) is 0.571. The number of benzene rings is 1. The summed E-state index contributed by atoms with van der Waals surface area (Å²) in [6.07, 6.45) is 2.64. The molecule has 0 spiro atoms. The smallest absolute Gasteiger partial charge is 0.239 e. The number of hydrogen-bond donors (Lipinski definition) is 2. The normalized spacial score (nSPS) is 12.2. The number of aromatic nitrogens is 2. The van der Waals surface area contributed by atoms with E-state index in [-0.39, 0.29) is 24.3 Å². The maximum absolute atomic E-state index is 13.0. The molecule has 1 atom stereocenters. The van der Waals surface area contributed by atoms with Crippen LogP contribution in [0.5, 0.6) is 0 Å². The highest BCUT2D eigenvalue weighted by Gasteiger charge is 2.15. The van der Waals surface area contributed by atoms with Crippen LogP contribution in [-0.2, 0) is 11.2 Å². The number of nitrogens with zero attached hydrogens (tertiary/aromatic N) is 3. The van der Waals surface area contributed by atoms with E-state index >= 15 is 0 Å². The highest BCUT2D eigenvalue weighted by atomic mass is 32.1. The zero-order chi connectivity index (χ0) is 21.2. The number of rotatable bonds is 12. The average molecular weight is 423 g/mol. The molecule has 2 rings (SSSR count). The second-order valence-electron chi connectivity index (χ2n) is 7.47. The molecule has 1 aromatic carbocycles. The van der Waals surface area contributed by atoms with E-state index in [9.17, 15) is 9.18 Å². The Bertz CT molecular complexity index is 748. The summed E-state index contributed by atoms with van der Waals surface area (Å²) >= 11 is 1.27. The number of likely N-dealkylation sites (N-methyl/N-ethyl adjacent to an activating group) is 1. The van der Waals surface area contributed by atoms with Gasteiger partial charge >= 0.3 is 0 Å². The Morgan fingerprint density at radius 2 is 1.97 bits per heavy atom. The largest absolute Gasteiger partial charge is 0.352 e. The van der Waals surface area contributed by atoms with Crippen molar-refractivity contribution in [2.24, 2.45) is 0 Å². The van der Waals surface area contributed by atoms with Crippen LogP contribution >= 0.6 is 11.5 Å². The van der Waals surface area contributed by atoms with Gasteiger partial charge in [-0.05, 0) is 51.3 Å². The van der Waals surface area contributed by atoms with Crippen molar-refractivity contribution in [3.8, 4) is 0 Å². The molecule has 6 nitrogen and oxygen atoms in total. The first kappa shape index (κ1) is 23.2. The second-order valence-corrected chi connectivity index (χ2v) is 8.20. The lowest BCUT2D eigenvalue weighted by Gasteiger charge is -2.19. The van der Waals surface area contributed by atoms with Crippen molar-refractivity contribution in [1.82, 2.24) is 14.7 Å². The first-order chi connectivity index (χ1) is 13.9. The van der Waals surface area contributed by atoms with Gasteiger partial charge in [0, 0.05) is 31.0 Å². The quantitative estimate of drug-likeness (QED) is 0.549. The molecular weight excluding hydrogens is 389 g/mol. The lowest BCUT2D eigenvalue weighted by Crippen LogP contribution is -3.11. The van der Waals surface area contributed by atoms with Crippen molar-refractivity contribution in [3.63, 3.8) is 0 Å². The van der Waals surface area contributed by atoms with E-state index < -0.39 is 0 Å². The summed E-state index contributed by atoms with van der Waals surface area (Å²) in [7, 11) is 1.84. The average Bonchev–Trinajstić information content (AvgIpc) is 3.15. The summed E-state index contributed by atoms with van der Waals surface area (Å²) in [5, 5.41) is 3.78. The summed E-state index contributed by atoms with van der Waals surface area (Å²) in [5.74, 6) is 0.413. The van der Waals surface area contributed by atoms with Gasteiger partial charge in [-0.25, -0.2) is 9.37 Å². The van der Waals surface area contributed by atoms with Gasteiger partial charge in [0.2, 0.25) is 11.0 Å². The molecular formula is C21H33FN5OS+. The summed E-state index contributed by atoms with van der Waals surface area (Å²) < 4.78 is 17.4. The van der Waals surface area contributed by atoms with Crippen molar-refractivity contribution in [2.45, 2.75) is 46.1 Å². The highest BCUT2D eigenvalue weighted by Crippen LogP contribution is 2.17. The molecule has 0 saturated carbocycles. The van der Waals surface area contributed by atoms with E-state index in [2.05, 4.69) is 35.4 Å². The summed E-state index contributed by atoms with van der Waals surface area (Å²) in [5.41, 5.74) is 0.955. The van der Waals surface area contributed by atoms with Crippen LogP contribution < -0.4 is 15.1 Å². The van der Waals surface area contributed by atoms with E-state index in [1.807, 2.05) is 11.9 Å². The molecule has 2 aromatic rings. The fourth-order valence-electron chi connectivity index (χ4n) is 3.19. The summed E-state index contributed by atoms with van der Waals surface area (Å²) in [6.45, 7) is 10.2. The predicted octanol–water partition coefficient (Wildman–Crippen LogP) is 1.91. The number of nitrogens with one attached hydrogen (secondary N) is 2. The van der Waals surface area contributed by atoms with Crippen LogP contribution in [0.4, 0.5) is 9.52 Å². The van der Waals surface area contributed by atoms with Gasteiger partial charge in [-0.3, -0.25) is 4.79 Å². The van der Waals surface area contributed by atoms with E-state index in [1.165, 1.54) is 23.7 Å². The number of quaternary nitrogens is 1. The lowest BCUT2D eigenvalue weighted by molar-refractivity contribution is -0.896. The molecule has 0 fully saturated rings. The van der Waals surface area contributed by atoms with Crippen molar-refractivity contribution < 1.29 is 14.1 Å². The summed E-state index contributed by atoms with van der Waals surface area (Å²) in [6, 6.07) is 6.49. The van der Waals surface area contributed by atoms with Gasteiger partial charge in [0.15, 0.2) is 0 Å². The molecule has 0 radical (unpaired) electrons. The third kappa shape index (κ3) is 8.06. The molecule has 2 N–H and O–H groups in total. The maximum atomic E-state index is 13.0. The van der Waals surface area contributed by atoms with E-state index in [1.54, 1.807) is 17.0 Å². The van der Waals surface area contributed by atoms with Crippen molar-refractivity contribution in [2.75, 3.05) is 38.1 Å². The second kappa shape index (κ2) is 11.8. The molecule has 29 heavy (non-hydrogen) atoms. The van der Waals surface area contributed by atoms with Gasteiger partial charge in [0.25, 0.3) is 0 Å². The first-order valence-corrected chi connectivity index (χ1v) is 11.1. The molecule has 1 aromatic heterocycles. The lowest BCUT2D eigenvalue weighted by atomic mass is 10.1. The maximum Gasteiger partial charge on any atom is 0.239 e. The molecule has 0 unspecified atom stereocenters. The van der Waals surface area contributed by atoms with Gasteiger partial charge < -0.3 is 15.1 Å². The van der Waals surface area contributed by atoms with Crippen LogP contribution in [0, 0.1) is 5.82 Å². The molecule has 160 valence electrons. The van der Waals surface area contributed by atoms with Gasteiger partial charge in [-0.15, -0.1) is 0 Å². The zero-order valence-corrected chi connectivity index (χ0v) is 18.7. The third-order valence-electron chi connectivity index (χ3n) is 5.02. The van der Waals surface area contributed by atoms with Crippen LogP contribution in [0.15, 0.2) is 24.3 Å². The predicted molar refractivity (Wildman–Crippen MR) is 116 cm³/mol. The Hall–Kier alpha value is -2.06. The molecule has 0 saturated heterocycles. The topological polar surface area (TPSA) is 62.6 Å². The monoisotopic (exact) mass is 422 g/mol. The minimum Gasteiger partial charge on any atom is -0.352 e. The number of anilines is 1. The minimum absolute atomic E-state index is 0.00882. The molecule has 1 heterocycles. The van der Waals surface area contributed by atoms with Crippen LogP contribution in [0.25, 0.3) is 0 Å². The number of carbonyl (C=O) groups excluding carboxylic acids is 1. The van der Waals surface area contributed by atoms with Gasteiger partial charge in [0.05, 0.1) is 26.2 Å². The molecule has 0 aliphatic carbocycles. The van der Waals surface area contributed by atoms with Crippen molar-refractivity contribution >= 4 is 22.6 Å². The molecule has 0 bridgehead atoms. The number of carbonyl (C=O) groups is 1. The SMILES string of the molecule is CC[NH+](CC)CCC[C@@H](C)NC(=O)CN(C)c1nc(Cc2ccc(F)cc2)ns1. The summed E-state index contributed by atoms with van der Waals surface area (Å²) in [4.78, 5) is 20.3. The Labute approximate surface area is 177 Å². The molecule has 0 aliphatic heterocycles. The van der Waals surface area contributed by atoms with E-state index in [0.717, 1.165) is 38.0 Å². The third-order valence-corrected chi connectivity index (χ3v) is 5.88. The zero-order valence-electron chi connectivity index (χ0n) is 17.9. The highest BCUT2D eigenvalue weighted by molar-refractivity contribution is 7.09. The fourth-order valence-corrected chi connectivity index (χ4v) is 3.84.